The van der Waals surface area contributed by atoms with Gasteiger partial charge < -0.3 is 20.9 Å². The lowest BCUT2D eigenvalue weighted by Gasteiger charge is -2.31. The summed E-state index contributed by atoms with van der Waals surface area (Å²) in [6.45, 7) is 3.66. The molecule has 3 heterocycles. The van der Waals surface area contributed by atoms with Gasteiger partial charge in [-0.05, 0) is 24.3 Å². The van der Waals surface area contributed by atoms with Crippen molar-refractivity contribution in [1.29, 1.82) is 0 Å². The monoisotopic (exact) mass is 479 g/mol. The number of halogens is 1. The van der Waals surface area contributed by atoms with E-state index in [0.717, 1.165) is 48.8 Å². The van der Waals surface area contributed by atoms with E-state index in [9.17, 15) is 4.79 Å². The maximum atomic E-state index is 12.9. The van der Waals surface area contributed by atoms with Gasteiger partial charge in [0.2, 0.25) is 0 Å². The van der Waals surface area contributed by atoms with E-state index in [1.807, 2.05) is 54.6 Å². The van der Waals surface area contributed by atoms with E-state index in [2.05, 4.69) is 36.0 Å². The summed E-state index contributed by atoms with van der Waals surface area (Å²) in [4.78, 5) is 19.6. The van der Waals surface area contributed by atoms with Crippen molar-refractivity contribution in [3.63, 3.8) is 0 Å². The molecule has 0 bridgehead atoms. The Labute approximate surface area is 200 Å². The lowest BCUT2D eigenvalue weighted by atomic mass is 10.1. The van der Waals surface area contributed by atoms with Crippen LogP contribution in [0.15, 0.2) is 60.0 Å². The third-order valence-corrected chi connectivity index (χ3v) is 6.32. The Bertz CT molecular complexity index is 1250. The maximum Gasteiger partial charge on any atom is 0.275 e. The number of anilines is 4. The quantitative estimate of drug-likeness (QED) is 0.323. The Morgan fingerprint density at radius 3 is 2.70 bits per heavy atom. The summed E-state index contributed by atoms with van der Waals surface area (Å²) < 4.78 is 0. The van der Waals surface area contributed by atoms with Crippen molar-refractivity contribution < 1.29 is 4.79 Å². The third kappa shape index (κ3) is 5.00. The van der Waals surface area contributed by atoms with Gasteiger partial charge in [-0.25, -0.2) is 4.98 Å². The van der Waals surface area contributed by atoms with Crippen LogP contribution in [0.1, 0.15) is 10.5 Å². The fourth-order valence-electron chi connectivity index (χ4n) is 3.65. The van der Waals surface area contributed by atoms with Crippen LogP contribution < -0.4 is 20.9 Å². The van der Waals surface area contributed by atoms with Crippen LogP contribution >= 0.6 is 22.9 Å². The molecule has 0 saturated carbocycles. The van der Waals surface area contributed by atoms with E-state index in [4.69, 9.17) is 11.6 Å². The lowest BCUT2D eigenvalue weighted by Crippen LogP contribution is -2.43. The van der Waals surface area contributed by atoms with Crippen molar-refractivity contribution in [2.45, 2.75) is 0 Å². The van der Waals surface area contributed by atoms with E-state index >= 15 is 0 Å². The summed E-state index contributed by atoms with van der Waals surface area (Å²) in [5.74, 6) is 0.443. The highest BCUT2D eigenvalue weighted by molar-refractivity contribution is 7.14. The second kappa shape index (κ2) is 9.62. The first-order valence-corrected chi connectivity index (χ1v) is 11.8. The molecule has 1 aliphatic rings. The van der Waals surface area contributed by atoms with Gasteiger partial charge in [0, 0.05) is 48.2 Å². The fourth-order valence-corrected chi connectivity index (χ4v) is 4.48. The highest BCUT2D eigenvalue weighted by atomic mass is 35.5. The van der Waals surface area contributed by atoms with Gasteiger partial charge in [-0.1, -0.05) is 35.9 Å². The topological polar surface area (TPSA) is 98.0 Å². The summed E-state index contributed by atoms with van der Waals surface area (Å²) in [6, 6.07) is 17.2. The fraction of sp³-hybridized carbons (Fsp3) is 0.174. The molecule has 10 heteroatoms. The standard InChI is InChI=1S/C23H22ClN7OS/c24-16-7-5-15(6-8-16)18-13-21(30-29-18)28-23-27-19(14-33-23)22(32)26-17-3-1-2-4-20(17)31-11-9-25-10-12-31/h1-8,13-14,25H,9-12H2,(H,26,32)(H2,27,28,29,30). The zero-order valence-corrected chi connectivity index (χ0v) is 19.2. The molecule has 0 atom stereocenters. The van der Waals surface area contributed by atoms with Gasteiger partial charge in [0.15, 0.2) is 5.13 Å². The molecule has 2 aromatic carbocycles. The molecule has 4 aromatic rings. The highest BCUT2D eigenvalue weighted by Gasteiger charge is 2.17. The minimum atomic E-state index is -0.242. The van der Waals surface area contributed by atoms with Gasteiger partial charge in [0.25, 0.3) is 5.91 Å². The van der Waals surface area contributed by atoms with E-state index < -0.39 is 0 Å². The number of nitrogens with zero attached hydrogens (tertiary/aromatic N) is 3. The molecular weight excluding hydrogens is 458 g/mol. The Balaban J connectivity index is 1.26. The molecule has 0 radical (unpaired) electrons. The average Bonchev–Trinajstić information content (AvgIpc) is 3.51. The molecule has 4 N–H and O–H groups in total. The van der Waals surface area contributed by atoms with Gasteiger partial charge in [-0.2, -0.15) is 5.10 Å². The Kier molecular flexibility index (Phi) is 6.25. The predicted octanol–water partition coefficient (Wildman–Crippen LogP) is 4.59. The number of piperazine rings is 1. The van der Waals surface area contributed by atoms with Gasteiger partial charge in [0.05, 0.1) is 17.1 Å². The molecule has 0 unspecified atom stereocenters. The SMILES string of the molecule is O=C(Nc1ccccc1N1CCNCC1)c1csc(Nc2cc(-c3ccc(Cl)cc3)n[nH]2)n1. The number of para-hydroxylation sites is 2. The number of carbonyl (C=O) groups is 1. The summed E-state index contributed by atoms with van der Waals surface area (Å²) >= 11 is 7.31. The molecule has 5 rings (SSSR count). The summed E-state index contributed by atoms with van der Waals surface area (Å²) in [6.07, 6.45) is 0. The molecule has 2 aromatic heterocycles. The van der Waals surface area contributed by atoms with Crippen molar-refractivity contribution in [3.8, 4) is 11.3 Å². The maximum absolute atomic E-state index is 12.9. The first-order valence-electron chi connectivity index (χ1n) is 10.6. The van der Waals surface area contributed by atoms with E-state index in [1.54, 1.807) is 5.38 Å². The minimum Gasteiger partial charge on any atom is -0.367 e. The van der Waals surface area contributed by atoms with Crippen LogP contribution in [0, 0.1) is 0 Å². The highest BCUT2D eigenvalue weighted by Crippen LogP contribution is 2.28. The molecule has 1 aliphatic heterocycles. The number of hydrogen-bond acceptors (Lipinski definition) is 7. The van der Waals surface area contributed by atoms with E-state index in [1.165, 1.54) is 11.3 Å². The number of benzene rings is 2. The normalized spacial score (nSPS) is 13.7. The number of aromatic amines is 1. The molecule has 0 aliphatic carbocycles. The number of carbonyl (C=O) groups excluding carboxylic acids is 1. The van der Waals surface area contributed by atoms with Crippen LogP contribution in [0.4, 0.5) is 22.3 Å². The number of hydrogen-bond donors (Lipinski definition) is 4. The summed E-state index contributed by atoms with van der Waals surface area (Å²) in [5, 5.41) is 19.8. The predicted molar refractivity (Wildman–Crippen MR) is 134 cm³/mol. The van der Waals surface area contributed by atoms with Crippen molar-refractivity contribution in [2.75, 3.05) is 41.7 Å². The molecule has 168 valence electrons. The van der Waals surface area contributed by atoms with Crippen LogP contribution in [0.3, 0.4) is 0 Å². The number of amides is 1. The second-order valence-corrected chi connectivity index (χ2v) is 8.84. The number of nitrogens with one attached hydrogen (secondary N) is 4. The van der Waals surface area contributed by atoms with Crippen LogP contribution in [0.25, 0.3) is 11.3 Å². The first-order chi connectivity index (χ1) is 16.2. The van der Waals surface area contributed by atoms with Crippen LogP contribution in [-0.2, 0) is 0 Å². The smallest absolute Gasteiger partial charge is 0.275 e. The van der Waals surface area contributed by atoms with Crippen molar-refractivity contribution in [2.24, 2.45) is 0 Å². The summed E-state index contributed by atoms with van der Waals surface area (Å²) in [7, 11) is 0. The third-order valence-electron chi connectivity index (χ3n) is 5.31. The van der Waals surface area contributed by atoms with Crippen LogP contribution in [-0.4, -0.2) is 47.3 Å². The molecule has 8 nitrogen and oxygen atoms in total. The second-order valence-electron chi connectivity index (χ2n) is 7.54. The molecular formula is C23H22ClN7OS. The molecule has 1 saturated heterocycles. The summed E-state index contributed by atoms with van der Waals surface area (Å²) in [5.41, 5.74) is 3.90. The number of H-pyrrole nitrogens is 1. The lowest BCUT2D eigenvalue weighted by molar-refractivity contribution is 0.102. The minimum absolute atomic E-state index is 0.242. The van der Waals surface area contributed by atoms with Crippen LogP contribution in [0.5, 0.6) is 0 Å². The molecule has 33 heavy (non-hydrogen) atoms. The Hall–Kier alpha value is -3.40. The Morgan fingerprint density at radius 1 is 1.09 bits per heavy atom. The van der Waals surface area contributed by atoms with E-state index in [0.29, 0.717) is 21.7 Å². The number of rotatable bonds is 6. The van der Waals surface area contributed by atoms with Crippen molar-refractivity contribution in [3.05, 3.63) is 70.7 Å². The molecule has 1 amide bonds. The molecule has 1 fully saturated rings. The first kappa shape index (κ1) is 21.4. The van der Waals surface area contributed by atoms with Gasteiger partial charge in [-0.15, -0.1) is 11.3 Å². The average molecular weight is 480 g/mol. The Morgan fingerprint density at radius 2 is 1.88 bits per heavy atom. The largest absolute Gasteiger partial charge is 0.367 e. The number of thiazole rings is 1. The van der Waals surface area contributed by atoms with Gasteiger partial charge in [0.1, 0.15) is 11.5 Å². The van der Waals surface area contributed by atoms with Crippen molar-refractivity contribution in [1.82, 2.24) is 20.5 Å². The van der Waals surface area contributed by atoms with Crippen molar-refractivity contribution >= 4 is 51.2 Å². The van der Waals surface area contributed by atoms with E-state index in [-0.39, 0.29) is 5.91 Å². The zero-order valence-electron chi connectivity index (χ0n) is 17.6. The molecule has 0 spiro atoms. The zero-order chi connectivity index (χ0) is 22.6. The van der Waals surface area contributed by atoms with Gasteiger partial charge >= 0.3 is 0 Å². The number of aromatic nitrogens is 3. The van der Waals surface area contributed by atoms with Crippen LogP contribution in [0.2, 0.25) is 5.02 Å². The van der Waals surface area contributed by atoms with Gasteiger partial charge in [-0.3, -0.25) is 9.89 Å².